The first-order valence-electron chi connectivity index (χ1n) is 13.2. The van der Waals surface area contributed by atoms with E-state index in [1.54, 1.807) is 0 Å². The summed E-state index contributed by atoms with van der Waals surface area (Å²) in [6, 6.07) is 5.78. The van der Waals surface area contributed by atoms with Crippen LogP contribution in [0.2, 0.25) is 0 Å². The molecule has 1 rings (SSSR count). The Morgan fingerprint density at radius 3 is 1.52 bits per heavy atom. The lowest BCUT2D eigenvalue weighted by Crippen LogP contribution is -3.00. The number of alkyl halides is 3. The summed E-state index contributed by atoms with van der Waals surface area (Å²) in [4.78, 5) is 0. The topological polar surface area (TPSA) is 0 Å². The monoisotopic (exact) mass is 491 g/mol. The van der Waals surface area contributed by atoms with Gasteiger partial charge in [0.25, 0.3) is 0 Å². The van der Waals surface area contributed by atoms with E-state index >= 15 is 0 Å². The lowest BCUT2D eigenvalue weighted by Gasteiger charge is -2.30. The van der Waals surface area contributed by atoms with Gasteiger partial charge in [0, 0.05) is 5.56 Å². The first kappa shape index (κ1) is 32.3. The van der Waals surface area contributed by atoms with E-state index in [1.807, 2.05) is 6.07 Å². The fourth-order valence-electron chi connectivity index (χ4n) is 4.51. The maximum absolute atomic E-state index is 12.9. The summed E-state index contributed by atoms with van der Waals surface area (Å²) < 4.78 is 39.5. The number of halogens is 4. The number of hydrogen-bond donors (Lipinski definition) is 0. The quantitative estimate of drug-likeness (QED) is 0.152. The third-order valence-electron chi connectivity index (χ3n) is 6.48. The minimum atomic E-state index is -4.26. The van der Waals surface area contributed by atoms with E-state index in [2.05, 4.69) is 21.0 Å². The maximum atomic E-state index is 12.9. The highest BCUT2D eigenvalue weighted by Crippen LogP contribution is 2.30. The van der Waals surface area contributed by atoms with Crippen molar-refractivity contribution in [1.82, 2.24) is 0 Å². The molecule has 194 valence electrons. The fourth-order valence-corrected chi connectivity index (χ4v) is 4.51. The molecule has 0 fully saturated rings. The molecule has 0 aromatic heterocycles. The summed E-state index contributed by atoms with van der Waals surface area (Å²) in [6.07, 6.45) is 17.5. The lowest BCUT2D eigenvalue weighted by molar-refractivity contribution is -0.903. The summed E-state index contributed by atoms with van der Waals surface area (Å²) in [5, 5.41) is 0. The smallest absolute Gasteiger partial charge is 0.416 e. The molecule has 0 unspecified atom stereocenters. The van der Waals surface area contributed by atoms with E-state index in [4.69, 9.17) is 0 Å². The van der Waals surface area contributed by atoms with Crippen LogP contribution in [0.25, 0.3) is 0 Å². The van der Waals surface area contributed by atoms with E-state index in [0.29, 0.717) is 6.54 Å². The Balaban J connectivity index is 0.0000102. The molecule has 0 N–H and O–H groups in total. The minimum Gasteiger partial charge on any atom is -1.00 e. The zero-order valence-corrected chi connectivity index (χ0v) is 22.3. The molecular formula is C28H49ClF3N. The molecule has 5 heteroatoms. The first-order valence-corrected chi connectivity index (χ1v) is 13.2. The molecule has 0 heterocycles. The van der Waals surface area contributed by atoms with Gasteiger partial charge in [-0.1, -0.05) is 109 Å². The highest BCUT2D eigenvalue weighted by molar-refractivity contribution is 5.25. The van der Waals surface area contributed by atoms with Crippen molar-refractivity contribution in [3.63, 3.8) is 0 Å². The number of rotatable bonds is 19. The van der Waals surface area contributed by atoms with Gasteiger partial charge in [-0.15, -0.1) is 0 Å². The van der Waals surface area contributed by atoms with Crippen LogP contribution in [0.1, 0.15) is 121 Å². The molecule has 0 saturated heterocycles. The van der Waals surface area contributed by atoms with Crippen molar-refractivity contribution in [2.45, 2.75) is 122 Å². The van der Waals surface area contributed by atoms with Gasteiger partial charge >= 0.3 is 6.18 Å². The second-order valence-corrected chi connectivity index (χ2v) is 10.3. The molecule has 33 heavy (non-hydrogen) atoms. The van der Waals surface area contributed by atoms with Crippen molar-refractivity contribution in [3.8, 4) is 0 Å². The van der Waals surface area contributed by atoms with Crippen LogP contribution in [-0.4, -0.2) is 25.1 Å². The van der Waals surface area contributed by atoms with Crippen LogP contribution in [-0.2, 0) is 12.7 Å². The summed E-state index contributed by atoms with van der Waals surface area (Å²) in [5.41, 5.74) is 0.221. The van der Waals surface area contributed by atoms with Crippen molar-refractivity contribution in [3.05, 3.63) is 35.4 Å². The minimum absolute atomic E-state index is 0. The zero-order chi connectivity index (χ0) is 23.7. The van der Waals surface area contributed by atoms with Crippen LogP contribution in [0.4, 0.5) is 13.2 Å². The summed E-state index contributed by atoms with van der Waals surface area (Å²) >= 11 is 0. The average molecular weight is 492 g/mol. The van der Waals surface area contributed by atoms with Crippen LogP contribution in [0, 0.1) is 0 Å². The van der Waals surface area contributed by atoms with Gasteiger partial charge in [0.15, 0.2) is 0 Å². The lowest BCUT2D eigenvalue weighted by atomic mass is 10.0. The second-order valence-electron chi connectivity index (χ2n) is 10.3. The Morgan fingerprint density at radius 2 is 1.09 bits per heavy atom. The third-order valence-corrected chi connectivity index (χ3v) is 6.48. The molecule has 0 radical (unpaired) electrons. The van der Waals surface area contributed by atoms with Crippen LogP contribution >= 0.6 is 0 Å². The van der Waals surface area contributed by atoms with E-state index in [1.165, 1.54) is 108 Å². The first-order chi connectivity index (χ1) is 15.2. The van der Waals surface area contributed by atoms with Crippen molar-refractivity contribution < 1.29 is 30.1 Å². The second kappa shape index (κ2) is 18.6. The van der Waals surface area contributed by atoms with Gasteiger partial charge in [0.1, 0.15) is 6.54 Å². The Bertz CT molecular complexity index is 587. The van der Waals surface area contributed by atoms with Crippen LogP contribution in [0.3, 0.4) is 0 Å². The van der Waals surface area contributed by atoms with E-state index in [-0.39, 0.29) is 12.4 Å². The van der Waals surface area contributed by atoms with Gasteiger partial charge in [0.2, 0.25) is 0 Å². The van der Waals surface area contributed by atoms with Gasteiger partial charge < -0.3 is 16.9 Å². The Labute approximate surface area is 208 Å². The van der Waals surface area contributed by atoms with E-state index in [9.17, 15) is 13.2 Å². The number of unbranched alkanes of at least 4 members (excludes halogenated alkanes) is 15. The van der Waals surface area contributed by atoms with Crippen LogP contribution in [0.5, 0.6) is 0 Å². The van der Waals surface area contributed by atoms with Crippen molar-refractivity contribution in [1.29, 1.82) is 0 Å². The molecule has 0 aliphatic heterocycles. The number of hydrogen-bond acceptors (Lipinski definition) is 0. The van der Waals surface area contributed by atoms with Gasteiger partial charge in [-0.2, -0.15) is 13.2 Å². The average Bonchev–Trinajstić information content (AvgIpc) is 2.72. The number of quaternary nitrogens is 1. The Hall–Kier alpha value is -0.740. The van der Waals surface area contributed by atoms with Gasteiger partial charge in [-0.25, -0.2) is 0 Å². The summed E-state index contributed by atoms with van der Waals surface area (Å²) in [5.74, 6) is 0. The molecule has 0 bridgehead atoms. The highest BCUT2D eigenvalue weighted by atomic mass is 35.5. The highest BCUT2D eigenvalue weighted by Gasteiger charge is 2.30. The predicted octanol–water partition coefficient (Wildman–Crippen LogP) is 6.55. The standard InChI is InChI=1S/C28H49F3N.ClH/c1-4-5-6-7-8-9-10-11-12-13-14-15-16-17-18-19-23-32(2,3)25-26-21-20-22-27(24-26)28(29,30)31;/h20-22,24H,4-19,23,25H2,1-3H3;1H/q+1;/p-1. The van der Waals surface area contributed by atoms with Gasteiger partial charge in [-0.05, 0) is 25.0 Å². The largest absolute Gasteiger partial charge is 1.00 e. The van der Waals surface area contributed by atoms with Crippen molar-refractivity contribution >= 4 is 0 Å². The van der Waals surface area contributed by atoms with Gasteiger partial charge in [-0.3, -0.25) is 0 Å². The Kier molecular flexibility index (Phi) is 18.2. The van der Waals surface area contributed by atoms with E-state index < -0.39 is 11.7 Å². The van der Waals surface area contributed by atoms with Crippen LogP contribution in [0.15, 0.2) is 24.3 Å². The molecule has 0 spiro atoms. The number of benzene rings is 1. The zero-order valence-electron chi connectivity index (χ0n) is 21.5. The molecular weight excluding hydrogens is 443 g/mol. The third kappa shape index (κ3) is 17.4. The summed E-state index contributed by atoms with van der Waals surface area (Å²) in [7, 11) is 4.23. The SMILES string of the molecule is CCCCCCCCCCCCCCCCCC[N+](C)(C)Cc1cccc(C(F)(F)F)c1.[Cl-]. The predicted molar refractivity (Wildman–Crippen MR) is 132 cm³/mol. The Morgan fingerprint density at radius 1 is 0.667 bits per heavy atom. The molecule has 1 aromatic carbocycles. The molecule has 0 aliphatic carbocycles. The molecule has 0 aliphatic rings. The molecule has 0 amide bonds. The van der Waals surface area contributed by atoms with Crippen molar-refractivity contribution in [2.24, 2.45) is 0 Å². The summed E-state index contributed by atoms with van der Waals surface area (Å²) in [6.45, 7) is 3.92. The molecule has 1 nitrogen and oxygen atoms in total. The van der Waals surface area contributed by atoms with Gasteiger partial charge in [0.05, 0.1) is 26.2 Å². The van der Waals surface area contributed by atoms with E-state index in [0.717, 1.165) is 29.1 Å². The maximum Gasteiger partial charge on any atom is 0.416 e. The van der Waals surface area contributed by atoms with Crippen molar-refractivity contribution in [2.75, 3.05) is 20.6 Å². The fraction of sp³-hybridized carbons (Fsp3) is 0.786. The van der Waals surface area contributed by atoms with Crippen LogP contribution < -0.4 is 12.4 Å². The molecule has 0 atom stereocenters. The molecule has 0 saturated carbocycles. The molecule has 1 aromatic rings. The number of nitrogens with zero attached hydrogens (tertiary/aromatic N) is 1. The normalized spacial score (nSPS) is 12.1.